The third-order valence-corrected chi connectivity index (χ3v) is 4.06. The second-order valence-corrected chi connectivity index (χ2v) is 7.57. The van der Waals surface area contributed by atoms with Gasteiger partial charge in [0.1, 0.15) is 12.4 Å². The van der Waals surface area contributed by atoms with E-state index in [4.69, 9.17) is 4.74 Å². The first-order chi connectivity index (χ1) is 11.7. The highest BCUT2D eigenvalue weighted by atomic mass is 32.2. The molecule has 7 heteroatoms. The molecule has 2 rings (SSSR count). The van der Waals surface area contributed by atoms with Crippen molar-refractivity contribution in [2.75, 3.05) is 24.1 Å². The molecule has 0 aliphatic heterocycles. The lowest BCUT2D eigenvalue weighted by atomic mass is 10.1. The van der Waals surface area contributed by atoms with E-state index in [1.165, 1.54) is 6.07 Å². The van der Waals surface area contributed by atoms with Crippen LogP contribution in [-0.2, 0) is 10.0 Å². The van der Waals surface area contributed by atoms with Crippen molar-refractivity contribution < 1.29 is 17.9 Å². The van der Waals surface area contributed by atoms with Crippen LogP contribution in [0.2, 0.25) is 0 Å². The van der Waals surface area contributed by atoms with Crippen LogP contribution in [0.15, 0.2) is 42.5 Å². The predicted octanol–water partition coefficient (Wildman–Crippen LogP) is 2.48. The average molecular weight is 362 g/mol. The highest BCUT2D eigenvalue weighted by Gasteiger charge is 2.10. The van der Waals surface area contributed by atoms with E-state index in [-0.39, 0.29) is 5.91 Å². The Labute approximate surface area is 148 Å². The fourth-order valence-electron chi connectivity index (χ4n) is 2.14. The van der Waals surface area contributed by atoms with Crippen LogP contribution in [0.4, 0.5) is 5.69 Å². The molecule has 0 saturated carbocycles. The second-order valence-electron chi connectivity index (χ2n) is 5.82. The Morgan fingerprint density at radius 1 is 1.08 bits per heavy atom. The number of sulfonamides is 1. The topological polar surface area (TPSA) is 84.5 Å². The van der Waals surface area contributed by atoms with Crippen LogP contribution in [0.3, 0.4) is 0 Å². The fourth-order valence-corrected chi connectivity index (χ4v) is 2.76. The van der Waals surface area contributed by atoms with Crippen molar-refractivity contribution in [2.24, 2.45) is 0 Å². The number of nitrogens with one attached hydrogen (secondary N) is 2. The molecule has 134 valence electrons. The minimum absolute atomic E-state index is 0.288. The molecule has 2 aromatic carbocycles. The van der Waals surface area contributed by atoms with Crippen LogP contribution in [-0.4, -0.2) is 33.7 Å². The molecule has 0 saturated heterocycles. The highest BCUT2D eigenvalue weighted by molar-refractivity contribution is 7.92. The minimum atomic E-state index is -3.40. The van der Waals surface area contributed by atoms with Gasteiger partial charge in [-0.05, 0) is 43.7 Å². The molecule has 0 unspecified atom stereocenters. The highest BCUT2D eigenvalue weighted by Crippen LogP contribution is 2.18. The van der Waals surface area contributed by atoms with E-state index < -0.39 is 10.0 Å². The van der Waals surface area contributed by atoms with Gasteiger partial charge in [0.2, 0.25) is 10.0 Å². The van der Waals surface area contributed by atoms with Gasteiger partial charge < -0.3 is 10.1 Å². The van der Waals surface area contributed by atoms with Gasteiger partial charge in [-0.1, -0.05) is 23.8 Å². The van der Waals surface area contributed by atoms with E-state index in [9.17, 15) is 13.2 Å². The number of rotatable bonds is 7. The summed E-state index contributed by atoms with van der Waals surface area (Å²) in [4.78, 5) is 12.2. The first-order valence-corrected chi connectivity index (χ1v) is 9.70. The summed E-state index contributed by atoms with van der Waals surface area (Å²) in [5.74, 6) is 0.457. The van der Waals surface area contributed by atoms with Crippen LogP contribution >= 0.6 is 0 Å². The smallest absolute Gasteiger partial charge is 0.251 e. The van der Waals surface area contributed by atoms with Crippen molar-refractivity contribution in [3.8, 4) is 5.75 Å². The summed E-state index contributed by atoms with van der Waals surface area (Å²) in [7, 11) is -3.40. The third-order valence-electron chi connectivity index (χ3n) is 3.47. The molecule has 0 atom stereocenters. The van der Waals surface area contributed by atoms with Gasteiger partial charge in [0.25, 0.3) is 5.91 Å². The second kappa shape index (κ2) is 8.02. The number of carbonyl (C=O) groups is 1. The number of aryl methyl sites for hydroxylation is 2. The van der Waals surface area contributed by atoms with Gasteiger partial charge in [-0.3, -0.25) is 9.52 Å². The first-order valence-electron chi connectivity index (χ1n) is 7.81. The molecule has 0 bridgehead atoms. The Morgan fingerprint density at radius 3 is 2.40 bits per heavy atom. The Kier molecular flexibility index (Phi) is 6.03. The normalized spacial score (nSPS) is 11.0. The van der Waals surface area contributed by atoms with E-state index in [0.29, 0.717) is 24.4 Å². The molecule has 0 fully saturated rings. The molecule has 2 aromatic rings. The van der Waals surface area contributed by atoms with Gasteiger partial charge in [-0.2, -0.15) is 0 Å². The third kappa shape index (κ3) is 6.11. The summed E-state index contributed by atoms with van der Waals surface area (Å²) in [5, 5.41) is 2.75. The summed E-state index contributed by atoms with van der Waals surface area (Å²) < 4.78 is 30.7. The summed E-state index contributed by atoms with van der Waals surface area (Å²) in [5.41, 5.74) is 2.67. The van der Waals surface area contributed by atoms with Crippen LogP contribution in [0.5, 0.6) is 5.75 Å². The summed E-state index contributed by atoms with van der Waals surface area (Å²) >= 11 is 0. The van der Waals surface area contributed by atoms with Crippen molar-refractivity contribution in [1.82, 2.24) is 5.32 Å². The minimum Gasteiger partial charge on any atom is -0.492 e. The van der Waals surface area contributed by atoms with Crippen molar-refractivity contribution in [2.45, 2.75) is 13.8 Å². The number of benzene rings is 2. The SMILES string of the molecule is Cc1ccc(OCCNC(=O)c2ccc(C)c(NS(C)(=O)=O)c2)cc1. The number of anilines is 1. The Bertz CT molecular complexity index is 846. The number of ether oxygens (including phenoxy) is 1. The number of amides is 1. The summed E-state index contributed by atoms with van der Waals surface area (Å²) in [6.45, 7) is 4.45. The zero-order valence-corrected chi connectivity index (χ0v) is 15.3. The molecule has 0 spiro atoms. The summed E-state index contributed by atoms with van der Waals surface area (Å²) in [6.07, 6.45) is 1.07. The molecular weight excluding hydrogens is 340 g/mol. The number of hydrogen-bond donors (Lipinski definition) is 2. The largest absolute Gasteiger partial charge is 0.492 e. The lowest BCUT2D eigenvalue weighted by Crippen LogP contribution is -2.28. The average Bonchev–Trinajstić information content (AvgIpc) is 2.54. The molecule has 0 heterocycles. The molecular formula is C18H22N2O4S. The Morgan fingerprint density at radius 2 is 1.76 bits per heavy atom. The monoisotopic (exact) mass is 362 g/mol. The van der Waals surface area contributed by atoms with Crippen molar-refractivity contribution in [1.29, 1.82) is 0 Å². The maximum Gasteiger partial charge on any atom is 0.251 e. The van der Waals surface area contributed by atoms with Gasteiger partial charge in [0, 0.05) is 5.56 Å². The lowest BCUT2D eigenvalue weighted by Gasteiger charge is -2.11. The molecule has 0 aliphatic carbocycles. The quantitative estimate of drug-likeness (QED) is 0.741. The van der Waals surface area contributed by atoms with Gasteiger partial charge in [0.15, 0.2) is 0 Å². The molecule has 1 amide bonds. The van der Waals surface area contributed by atoms with E-state index in [2.05, 4.69) is 10.0 Å². The predicted molar refractivity (Wildman–Crippen MR) is 98.7 cm³/mol. The lowest BCUT2D eigenvalue weighted by molar-refractivity contribution is 0.0947. The van der Waals surface area contributed by atoms with E-state index >= 15 is 0 Å². The van der Waals surface area contributed by atoms with E-state index in [1.807, 2.05) is 31.2 Å². The van der Waals surface area contributed by atoms with Crippen molar-refractivity contribution in [3.05, 3.63) is 59.2 Å². The molecule has 6 nitrogen and oxygen atoms in total. The molecule has 25 heavy (non-hydrogen) atoms. The first kappa shape index (κ1) is 18.8. The number of carbonyl (C=O) groups excluding carboxylic acids is 1. The maximum atomic E-state index is 12.2. The van der Waals surface area contributed by atoms with Crippen LogP contribution in [0, 0.1) is 13.8 Å². The molecule has 0 radical (unpaired) electrons. The van der Waals surface area contributed by atoms with Gasteiger partial charge >= 0.3 is 0 Å². The van der Waals surface area contributed by atoms with Crippen molar-refractivity contribution in [3.63, 3.8) is 0 Å². The van der Waals surface area contributed by atoms with Crippen LogP contribution in [0.25, 0.3) is 0 Å². The van der Waals surface area contributed by atoms with E-state index in [1.54, 1.807) is 19.1 Å². The van der Waals surface area contributed by atoms with Gasteiger partial charge in [-0.15, -0.1) is 0 Å². The maximum absolute atomic E-state index is 12.2. The van der Waals surface area contributed by atoms with Crippen LogP contribution < -0.4 is 14.8 Å². The molecule has 0 aromatic heterocycles. The Hall–Kier alpha value is -2.54. The molecule has 0 aliphatic rings. The zero-order chi connectivity index (χ0) is 18.4. The van der Waals surface area contributed by atoms with E-state index in [0.717, 1.165) is 23.1 Å². The summed E-state index contributed by atoms with van der Waals surface area (Å²) in [6, 6.07) is 12.5. The van der Waals surface area contributed by atoms with Crippen LogP contribution in [0.1, 0.15) is 21.5 Å². The molecule has 2 N–H and O–H groups in total. The Balaban J connectivity index is 1.90. The van der Waals surface area contributed by atoms with Crippen molar-refractivity contribution >= 4 is 21.6 Å². The fraction of sp³-hybridized carbons (Fsp3) is 0.278. The standard InChI is InChI=1S/C18H22N2O4S/c1-13-4-8-16(9-5-13)24-11-10-19-18(21)15-7-6-14(2)17(12-15)20-25(3,22)23/h4-9,12,20H,10-11H2,1-3H3,(H,19,21). The number of hydrogen-bond acceptors (Lipinski definition) is 4. The zero-order valence-electron chi connectivity index (χ0n) is 14.5. The van der Waals surface area contributed by atoms with Gasteiger partial charge in [-0.25, -0.2) is 8.42 Å². The van der Waals surface area contributed by atoms with Gasteiger partial charge in [0.05, 0.1) is 18.5 Å².